The molecule has 1 aliphatic rings. The third-order valence-electron chi connectivity index (χ3n) is 3.47. The highest BCUT2D eigenvalue weighted by atomic mass is 16.3. The number of aliphatic hydroxyl groups excluding tert-OH is 1. The molecule has 0 aromatic rings. The van der Waals surface area contributed by atoms with Crippen molar-refractivity contribution < 1.29 is 5.11 Å². The molecule has 0 aliphatic heterocycles. The van der Waals surface area contributed by atoms with Gasteiger partial charge in [0.2, 0.25) is 0 Å². The van der Waals surface area contributed by atoms with E-state index in [4.69, 9.17) is 0 Å². The van der Waals surface area contributed by atoms with Crippen molar-refractivity contribution in [3.63, 3.8) is 0 Å². The molecule has 1 aliphatic carbocycles. The molecule has 0 amide bonds. The fraction of sp³-hybridized carbons (Fsp3) is 1.00. The minimum absolute atomic E-state index is 0.104. The molecule has 2 N–H and O–H groups in total. The van der Waals surface area contributed by atoms with Gasteiger partial charge in [0, 0.05) is 12.1 Å². The smallest absolute Gasteiger partial charge is 0.0693 e. The van der Waals surface area contributed by atoms with E-state index in [2.05, 4.69) is 19.2 Å². The molecule has 1 saturated carbocycles. The van der Waals surface area contributed by atoms with Crippen molar-refractivity contribution in [3.05, 3.63) is 0 Å². The SMILES string of the molecule is CCCCC[C@H](C)N[C@@H]1CCCC[C@H]1O. The Labute approximate surface area is 94.5 Å². The first-order valence-corrected chi connectivity index (χ1v) is 6.68. The van der Waals surface area contributed by atoms with Crippen LogP contribution < -0.4 is 5.32 Å². The van der Waals surface area contributed by atoms with Gasteiger partial charge in [-0.2, -0.15) is 0 Å². The Hall–Kier alpha value is -0.0800. The Morgan fingerprint density at radius 1 is 1.27 bits per heavy atom. The van der Waals surface area contributed by atoms with Gasteiger partial charge >= 0.3 is 0 Å². The number of unbranched alkanes of at least 4 members (excludes halogenated alkanes) is 2. The lowest BCUT2D eigenvalue weighted by atomic mass is 9.92. The number of nitrogens with one attached hydrogen (secondary N) is 1. The molecular formula is C13H27NO. The van der Waals surface area contributed by atoms with Crippen molar-refractivity contribution in [2.45, 2.75) is 83.4 Å². The molecule has 0 heterocycles. The van der Waals surface area contributed by atoms with Gasteiger partial charge in [-0.05, 0) is 26.2 Å². The summed E-state index contributed by atoms with van der Waals surface area (Å²) in [6.45, 7) is 4.49. The summed E-state index contributed by atoms with van der Waals surface area (Å²) in [6.07, 6.45) is 9.69. The van der Waals surface area contributed by atoms with E-state index in [0.29, 0.717) is 12.1 Å². The van der Waals surface area contributed by atoms with E-state index in [9.17, 15) is 5.11 Å². The van der Waals surface area contributed by atoms with Gasteiger partial charge < -0.3 is 10.4 Å². The first kappa shape index (κ1) is 13.0. The van der Waals surface area contributed by atoms with E-state index in [0.717, 1.165) is 12.8 Å². The topological polar surface area (TPSA) is 32.3 Å². The average molecular weight is 213 g/mol. The lowest BCUT2D eigenvalue weighted by Gasteiger charge is -2.31. The molecule has 0 radical (unpaired) electrons. The van der Waals surface area contributed by atoms with Crippen LogP contribution in [-0.2, 0) is 0 Å². The van der Waals surface area contributed by atoms with Crippen LogP contribution in [0, 0.1) is 0 Å². The van der Waals surface area contributed by atoms with E-state index in [-0.39, 0.29) is 6.10 Å². The van der Waals surface area contributed by atoms with Gasteiger partial charge in [0.15, 0.2) is 0 Å². The van der Waals surface area contributed by atoms with Crippen molar-refractivity contribution in [2.75, 3.05) is 0 Å². The van der Waals surface area contributed by atoms with Crippen molar-refractivity contribution in [3.8, 4) is 0 Å². The van der Waals surface area contributed by atoms with E-state index in [1.807, 2.05) is 0 Å². The molecule has 0 aromatic heterocycles. The van der Waals surface area contributed by atoms with Crippen LogP contribution >= 0.6 is 0 Å². The molecule has 0 unspecified atom stereocenters. The Morgan fingerprint density at radius 3 is 2.67 bits per heavy atom. The van der Waals surface area contributed by atoms with Gasteiger partial charge in [-0.15, -0.1) is 0 Å². The summed E-state index contributed by atoms with van der Waals surface area (Å²) in [4.78, 5) is 0. The maximum Gasteiger partial charge on any atom is 0.0693 e. The van der Waals surface area contributed by atoms with Crippen LogP contribution in [0.4, 0.5) is 0 Å². The van der Waals surface area contributed by atoms with E-state index < -0.39 is 0 Å². The first-order valence-electron chi connectivity index (χ1n) is 6.68. The quantitative estimate of drug-likeness (QED) is 0.665. The normalized spacial score (nSPS) is 29.0. The van der Waals surface area contributed by atoms with Crippen molar-refractivity contribution in [2.24, 2.45) is 0 Å². The second-order valence-electron chi connectivity index (χ2n) is 5.02. The van der Waals surface area contributed by atoms with Gasteiger partial charge in [0.05, 0.1) is 6.10 Å². The second kappa shape index (κ2) is 7.24. The van der Waals surface area contributed by atoms with Crippen LogP contribution in [0.25, 0.3) is 0 Å². The van der Waals surface area contributed by atoms with Gasteiger partial charge in [0.1, 0.15) is 0 Å². The summed E-state index contributed by atoms with van der Waals surface area (Å²) in [7, 11) is 0. The van der Waals surface area contributed by atoms with Crippen LogP contribution in [-0.4, -0.2) is 23.3 Å². The van der Waals surface area contributed by atoms with Crippen LogP contribution in [0.5, 0.6) is 0 Å². The summed E-state index contributed by atoms with van der Waals surface area (Å²) in [5.41, 5.74) is 0. The van der Waals surface area contributed by atoms with Crippen LogP contribution in [0.3, 0.4) is 0 Å². The largest absolute Gasteiger partial charge is 0.392 e. The monoisotopic (exact) mass is 213 g/mol. The number of aliphatic hydroxyl groups is 1. The second-order valence-corrected chi connectivity index (χ2v) is 5.02. The molecular weight excluding hydrogens is 186 g/mol. The van der Waals surface area contributed by atoms with Gasteiger partial charge in [-0.25, -0.2) is 0 Å². The fourth-order valence-electron chi connectivity index (χ4n) is 2.46. The number of rotatable bonds is 6. The molecule has 0 bridgehead atoms. The molecule has 0 spiro atoms. The molecule has 0 saturated heterocycles. The van der Waals surface area contributed by atoms with Gasteiger partial charge in [-0.3, -0.25) is 0 Å². The minimum atomic E-state index is -0.104. The van der Waals surface area contributed by atoms with Crippen LogP contribution in [0.1, 0.15) is 65.2 Å². The summed E-state index contributed by atoms with van der Waals surface area (Å²) >= 11 is 0. The summed E-state index contributed by atoms with van der Waals surface area (Å²) in [5.74, 6) is 0. The Bertz CT molecular complexity index is 161. The lowest BCUT2D eigenvalue weighted by Crippen LogP contribution is -2.46. The molecule has 1 fully saturated rings. The fourth-order valence-corrected chi connectivity index (χ4v) is 2.46. The van der Waals surface area contributed by atoms with E-state index in [1.54, 1.807) is 0 Å². The van der Waals surface area contributed by atoms with Gasteiger partial charge in [-0.1, -0.05) is 39.0 Å². The highest BCUT2D eigenvalue weighted by Crippen LogP contribution is 2.19. The van der Waals surface area contributed by atoms with E-state index >= 15 is 0 Å². The summed E-state index contributed by atoms with van der Waals surface area (Å²) in [5, 5.41) is 13.4. The molecule has 1 rings (SSSR count). The zero-order valence-electron chi connectivity index (χ0n) is 10.3. The zero-order chi connectivity index (χ0) is 11.1. The summed E-state index contributed by atoms with van der Waals surface area (Å²) in [6, 6.07) is 0.921. The van der Waals surface area contributed by atoms with Crippen molar-refractivity contribution >= 4 is 0 Å². The molecule has 15 heavy (non-hydrogen) atoms. The molecule has 2 heteroatoms. The van der Waals surface area contributed by atoms with E-state index in [1.165, 1.54) is 38.5 Å². The zero-order valence-corrected chi connectivity index (χ0v) is 10.3. The Kier molecular flexibility index (Phi) is 6.26. The predicted molar refractivity (Wildman–Crippen MR) is 65.0 cm³/mol. The third-order valence-corrected chi connectivity index (χ3v) is 3.47. The Morgan fingerprint density at radius 2 is 2.00 bits per heavy atom. The average Bonchev–Trinajstić information content (AvgIpc) is 2.22. The van der Waals surface area contributed by atoms with Crippen molar-refractivity contribution in [1.82, 2.24) is 5.32 Å². The summed E-state index contributed by atoms with van der Waals surface area (Å²) < 4.78 is 0. The maximum atomic E-state index is 9.83. The van der Waals surface area contributed by atoms with Crippen LogP contribution in [0.2, 0.25) is 0 Å². The predicted octanol–water partition coefficient (Wildman–Crippen LogP) is 2.85. The lowest BCUT2D eigenvalue weighted by molar-refractivity contribution is 0.0852. The highest BCUT2D eigenvalue weighted by Gasteiger charge is 2.23. The minimum Gasteiger partial charge on any atom is -0.392 e. The van der Waals surface area contributed by atoms with Crippen molar-refractivity contribution in [1.29, 1.82) is 0 Å². The number of hydrogen-bond donors (Lipinski definition) is 2. The first-order chi connectivity index (χ1) is 7.24. The molecule has 0 aromatic carbocycles. The number of hydrogen-bond acceptors (Lipinski definition) is 2. The molecule has 3 atom stereocenters. The molecule has 2 nitrogen and oxygen atoms in total. The van der Waals surface area contributed by atoms with Crippen LogP contribution in [0.15, 0.2) is 0 Å². The maximum absolute atomic E-state index is 9.83. The third kappa shape index (κ3) is 4.98. The standard InChI is InChI=1S/C13H27NO/c1-3-4-5-8-11(2)14-12-9-6-7-10-13(12)15/h11-15H,3-10H2,1-2H3/t11-,12+,13+/m0/s1. The van der Waals surface area contributed by atoms with Gasteiger partial charge in [0.25, 0.3) is 0 Å². The highest BCUT2D eigenvalue weighted by molar-refractivity contribution is 4.82. The molecule has 90 valence electrons. The Balaban J connectivity index is 2.15.